The van der Waals surface area contributed by atoms with E-state index in [0.717, 1.165) is 16.7 Å². The Morgan fingerprint density at radius 2 is 1.93 bits per heavy atom. The molecule has 1 N–H and O–H groups in total. The lowest BCUT2D eigenvalue weighted by Crippen LogP contribution is -2.34. The highest BCUT2D eigenvalue weighted by molar-refractivity contribution is 6.31. The molecule has 0 spiro atoms. The maximum Gasteiger partial charge on any atom is 0.223 e. The number of carbonyl (C=O) groups is 2. The number of benzene rings is 2. The van der Waals surface area contributed by atoms with Crippen molar-refractivity contribution in [2.45, 2.75) is 33.7 Å². The maximum atomic E-state index is 12.2. The summed E-state index contributed by atoms with van der Waals surface area (Å²) in [7, 11) is 1.53. The fourth-order valence-electron chi connectivity index (χ4n) is 2.79. The summed E-state index contributed by atoms with van der Waals surface area (Å²) >= 11 is 6.14. The van der Waals surface area contributed by atoms with Gasteiger partial charge in [0.15, 0.2) is 0 Å². The van der Waals surface area contributed by atoms with Crippen LogP contribution >= 0.6 is 11.6 Å². The van der Waals surface area contributed by atoms with Crippen LogP contribution in [0.25, 0.3) is 0 Å². The van der Waals surface area contributed by atoms with Crippen molar-refractivity contribution in [2.75, 3.05) is 18.6 Å². The van der Waals surface area contributed by atoms with Crippen LogP contribution in [-0.2, 0) is 16.1 Å². The first-order valence-electron chi connectivity index (χ1n) is 8.76. The number of anilines is 1. The molecule has 0 aliphatic carbocycles. The van der Waals surface area contributed by atoms with Crippen molar-refractivity contribution in [3.8, 4) is 5.75 Å². The third-order valence-electron chi connectivity index (χ3n) is 4.27. The Kier molecular flexibility index (Phi) is 7.25. The summed E-state index contributed by atoms with van der Waals surface area (Å²) in [5.41, 5.74) is 3.64. The first kappa shape index (κ1) is 20.8. The Labute approximate surface area is 165 Å². The first-order valence-corrected chi connectivity index (χ1v) is 9.14. The number of aryl methyl sites for hydroxylation is 2. The zero-order chi connectivity index (χ0) is 20.0. The Morgan fingerprint density at radius 1 is 1.19 bits per heavy atom. The van der Waals surface area contributed by atoms with Crippen LogP contribution in [0.4, 0.5) is 5.69 Å². The lowest BCUT2D eigenvalue weighted by atomic mass is 10.1. The summed E-state index contributed by atoms with van der Waals surface area (Å²) in [6, 6.07) is 11.5. The van der Waals surface area contributed by atoms with Crippen molar-refractivity contribution in [1.29, 1.82) is 0 Å². The number of ether oxygens (including phenoxy) is 1. The van der Waals surface area contributed by atoms with Gasteiger partial charge in [-0.3, -0.25) is 9.59 Å². The van der Waals surface area contributed by atoms with Gasteiger partial charge in [-0.05, 0) is 31.0 Å². The minimum absolute atomic E-state index is 0.118. The molecule has 0 unspecified atom stereocenters. The van der Waals surface area contributed by atoms with Gasteiger partial charge in [-0.25, -0.2) is 0 Å². The number of nitrogens with one attached hydrogen (secondary N) is 1. The van der Waals surface area contributed by atoms with Crippen LogP contribution in [0.1, 0.15) is 30.0 Å². The van der Waals surface area contributed by atoms with E-state index in [0.29, 0.717) is 23.0 Å². The van der Waals surface area contributed by atoms with E-state index < -0.39 is 0 Å². The fourth-order valence-corrected chi connectivity index (χ4v) is 2.95. The van der Waals surface area contributed by atoms with Gasteiger partial charge in [-0.2, -0.15) is 0 Å². The van der Waals surface area contributed by atoms with E-state index >= 15 is 0 Å². The van der Waals surface area contributed by atoms with Crippen LogP contribution in [0.3, 0.4) is 0 Å². The van der Waals surface area contributed by atoms with Gasteiger partial charge in [-0.15, -0.1) is 0 Å². The zero-order valence-electron chi connectivity index (χ0n) is 16.1. The summed E-state index contributed by atoms with van der Waals surface area (Å²) in [4.78, 5) is 25.9. The molecule has 0 atom stereocenters. The molecular formula is C21H25ClN2O3. The van der Waals surface area contributed by atoms with Crippen molar-refractivity contribution < 1.29 is 14.3 Å². The van der Waals surface area contributed by atoms with E-state index in [1.54, 1.807) is 12.1 Å². The van der Waals surface area contributed by atoms with Crippen LogP contribution in [0.15, 0.2) is 36.4 Å². The largest absolute Gasteiger partial charge is 0.495 e. The Hall–Kier alpha value is -2.53. The number of carbonyl (C=O) groups excluding carboxylic acids is 2. The van der Waals surface area contributed by atoms with Gasteiger partial charge in [0.05, 0.1) is 12.8 Å². The Bertz CT molecular complexity index is 836. The summed E-state index contributed by atoms with van der Waals surface area (Å²) in [5, 5.41) is 3.46. The van der Waals surface area contributed by atoms with E-state index in [1.807, 2.05) is 38.1 Å². The average molecular weight is 389 g/mol. The van der Waals surface area contributed by atoms with Crippen molar-refractivity contribution in [2.24, 2.45) is 0 Å². The summed E-state index contributed by atoms with van der Waals surface area (Å²) < 4.78 is 5.36. The second-order valence-electron chi connectivity index (χ2n) is 6.46. The predicted octanol–water partition coefficient (Wildman–Crippen LogP) is 4.02. The standard InChI is InChI=1S/C21H25ClN2O3/c1-14-6-5-7-17(10-14)13-23-21(26)8-9-24(16(3)25)19-11-15(2)18(22)12-20(19)27-4/h5-7,10-12H,8-9,13H2,1-4H3,(H,23,26). The highest BCUT2D eigenvalue weighted by atomic mass is 35.5. The second-order valence-corrected chi connectivity index (χ2v) is 6.87. The molecule has 0 bridgehead atoms. The van der Waals surface area contributed by atoms with Gasteiger partial charge in [0.25, 0.3) is 0 Å². The molecule has 6 heteroatoms. The SMILES string of the molecule is COc1cc(Cl)c(C)cc1N(CCC(=O)NCc1cccc(C)c1)C(C)=O. The lowest BCUT2D eigenvalue weighted by Gasteiger charge is -2.24. The highest BCUT2D eigenvalue weighted by Gasteiger charge is 2.19. The van der Waals surface area contributed by atoms with E-state index in [-0.39, 0.29) is 24.8 Å². The average Bonchev–Trinajstić information content (AvgIpc) is 2.62. The number of rotatable bonds is 7. The van der Waals surface area contributed by atoms with Crippen LogP contribution < -0.4 is 15.0 Å². The maximum absolute atomic E-state index is 12.2. The lowest BCUT2D eigenvalue weighted by molar-refractivity contribution is -0.121. The van der Waals surface area contributed by atoms with E-state index in [4.69, 9.17) is 16.3 Å². The molecule has 27 heavy (non-hydrogen) atoms. The summed E-state index contributed by atoms with van der Waals surface area (Å²) in [5.74, 6) is 0.217. The van der Waals surface area contributed by atoms with Gasteiger partial charge in [-0.1, -0.05) is 41.4 Å². The highest BCUT2D eigenvalue weighted by Crippen LogP contribution is 2.34. The normalized spacial score (nSPS) is 10.4. The minimum atomic E-state index is -0.165. The molecule has 144 valence electrons. The van der Waals surface area contributed by atoms with Gasteiger partial charge in [0.2, 0.25) is 11.8 Å². The number of methoxy groups -OCH3 is 1. The molecule has 0 heterocycles. The molecule has 2 rings (SSSR count). The van der Waals surface area contributed by atoms with E-state index in [9.17, 15) is 9.59 Å². The molecule has 0 aromatic heterocycles. The molecule has 0 saturated heterocycles. The van der Waals surface area contributed by atoms with Gasteiger partial charge in [0.1, 0.15) is 5.75 Å². The van der Waals surface area contributed by atoms with Gasteiger partial charge < -0.3 is 15.0 Å². The molecule has 0 aliphatic heterocycles. The third-order valence-corrected chi connectivity index (χ3v) is 4.67. The predicted molar refractivity (Wildman–Crippen MR) is 108 cm³/mol. The molecular weight excluding hydrogens is 364 g/mol. The number of hydrogen-bond donors (Lipinski definition) is 1. The third kappa shape index (κ3) is 5.73. The Balaban J connectivity index is 2.03. The zero-order valence-corrected chi connectivity index (χ0v) is 16.9. The van der Waals surface area contributed by atoms with E-state index in [1.165, 1.54) is 18.9 Å². The molecule has 2 amide bonds. The van der Waals surface area contributed by atoms with Crippen LogP contribution in [0.5, 0.6) is 5.75 Å². The number of hydrogen-bond acceptors (Lipinski definition) is 3. The van der Waals surface area contributed by atoms with Crippen LogP contribution in [-0.4, -0.2) is 25.5 Å². The van der Waals surface area contributed by atoms with E-state index in [2.05, 4.69) is 5.32 Å². The molecule has 2 aromatic rings. The first-order chi connectivity index (χ1) is 12.8. The monoisotopic (exact) mass is 388 g/mol. The molecule has 5 nitrogen and oxygen atoms in total. The fraction of sp³-hybridized carbons (Fsp3) is 0.333. The van der Waals surface area contributed by atoms with Crippen LogP contribution in [0, 0.1) is 13.8 Å². The van der Waals surface area contributed by atoms with Crippen molar-refractivity contribution in [1.82, 2.24) is 5.32 Å². The molecule has 0 aliphatic rings. The summed E-state index contributed by atoms with van der Waals surface area (Å²) in [6.07, 6.45) is 0.191. The van der Waals surface area contributed by atoms with Gasteiger partial charge >= 0.3 is 0 Å². The molecule has 0 radical (unpaired) electrons. The second kappa shape index (κ2) is 9.42. The minimum Gasteiger partial charge on any atom is -0.495 e. The number of nitrogens with zero attached hydrogens (tertiary/aromatic N) is 1. The molecule has 0 saturated carbocycles. The molecule has 0 fully saturated rings. The van der Waals surface area contributed by atoms with Crippen molar-refractivity contribution >= 4 is 29.1 Å². The van der Waals surface area contributed by atoms with Gasteiger partial charge in [0, 0.05) is 37.5 Å². The smallest absolute Gasteiger partial charge is 0.223 e. The topological polar surface area (TPSA) is 58.6 Å². The van der Waals surface area contributed by atoms with Crippen LogP contribution in [0.2, 0.25) is 5.02 Å². The summed E-state index contributed by atoms with van der Waals surface area (Å²) in [6.45, 7) is 6.06. The Morgan fingerprint density at radius 3 is 2.56 bits per heavy atom. The van der Waals surface area contributed by atoms with Crippen molar-refractivity contribution in [3.05, 3.63) is 58.1 Å². The quantitative estimate of drug-likeness (QED) is 0.779. The number of halogens is 1. The van der Waals surface area contributed by atoms with Crippen molar-refractivity contribution in [3.63, 3.8) is 0 Å². The number of amides is 2. The molecule has 2 aromatic carbocycles.